The first-order valence-corrected chi connectivity index (χ1v) is 5.09. The second kappa shape index (κ2) is 6.19. The first-order valence-electron chi connectivity index (χ1n) is 5.09. The highest BCUT2D eigenvalue weighted by Crippen LogP contribution is 2.14. The van der Waals surface area contributed by atoms with Gasteiger partial charge in [0.05, 0.1) is 17.9 Å². The van der Waals surface area contributed by atoms with Crippen LogP contribution in [0.4, 0.5) is 0 Å². The van der Waals surface area contributed by atoms with Gasteiger partial charge in [-0.05, 0) is 18.9 Å². The van der Waals surface area contributed by atoms with Gasteiger partial charge in [0.25, 0.3) is 0 Å². The zero-order chi connectivity index (χ0) is 11.1. The number of hydrogen-bond donors (Lipinski definition) is 0. The molecule has 0 bridgehead atoms. The van der Waals surface area contributed by atoms with Crippen molar-refractivity contribution in [2.45, 2.75) is 25.9 Å². The molecule has 0 saturated carbocycles. The number of hydrogen-bond acceptors (Lipinski definition) is 3. The molecule has 82 valence electrons. The van der Waals surface area contributed by atoms with Crippen molar-refractivity contribution in [3.05, 3.63) is 36.6 Å². The standard InChI is InChI=1S/C12H16O3/c1-3-9-15-11-7-5-10(6-8-11)12(13)14-4-2/h4-7,11H,2-3,8-9H2,1H3. The van der Waals surface area contributed by atoms with Gasteiger partial charge in [0.2, 0.25) is 0 Å². The lowest BCUT2D eigenvalue weighted by Crippen LogP contribution is -2.14. The quantitative estimate of drug-likeness (QED) is 0.514. The van der Waals surface area contributed by atoms with E-state index in [1.807, 2.05) is 12.2 Å². The molecule has 0 aliphatic heterocycles. The molecule has 1 aliphatic carbocycles. The van der Waals surface area contributed by atoms with Gasteiger partial charge in [0, 0.05) is 6.61 Å². The van der Waals surface area contributed by atoms with Gasteiger partial charge >= 0.3 is 5.97 Å². The van der Waals surface area contributed by atoms with Crippen molar-refractivity contribution >= 4 is 5.97 Å². The van der Waals surface area contributed by atoms with Crippen LogP contribution in [0.15, 0.2) is 36.6 Å². The van der Waals surface area contributed by atoms with Crippen molar-refractivity contribution in [2.75, 3.05) is 6.61 Å². The van der Waals surface area contributed by atoms with Crippen LogP contribution >= 0.6 is 0 Å². The molecule has 0 aromatic carbocycles. The Kier molecular flexibility index (Phi) is 4.84. The molecular weight excluding hydrogens is 192 g/mol. The van der Waals surface area contributed by atoms with Crippen LogP contribution in [0.2, 0.25) is 0 Å². The number of carbonyl (C=O) groups is 1. The van der Waals surface area contributed by atoms with Crippen LogP contribution in [0.5, 0.6) is 0 Å². The molecule has 0 N–H and O–H groups in total. The molecule has 0 radical (unpaired) electrons. The van der Waals surface area contributed by atoms with Gasteiger partial charge in [-0.1, -0.05) is 25.7 Å². The highest BCUT2D eigenvalue weighted by Gasteiger charge is 2.13. The lowest BCUT2D eigenvalue weighted by atomic mass is 10.1. The van der Waals surface area contributed by atoms with E-state index in [1.54, 1.807) is 6.08 Å². The van der Waals surface area contributed by atoms with E-state index in [0.717, 1.165) is 25.7 Å². The van der Waals surface area contributed by atoms with Crippen molar-refractivity contribution in [1.29, 1.82) is 0 Å². The summed E-state index contributed by atoms with van der Waals surface area (Å²) in [7, 11) is 0. The summed E-state index contributed by atoms with van der Waals surface area (Å²) in [6.07, 6.45) is 8.39. The normalized spacial score (nSPS) is 19.5. The fraction of sp³-hybridized carbons (Fsp3) is 0.417. The average molecular weight is 208 g/mol. The second-order valence-corrected chi connectivity index (χ2v) is 3.24. The van der Waals surface area contributed by atoms with E-state index in [2.05, 4.69) is 18.2 Å². The molecule has 0 amide bonds. The summed E-state index contributed by atoms with van der Waals surface area (Å²) < 4.78 is 10.2. The van der Waals surface area contributed by atoms with E-state index in [-0.39, 0.29) is 12.1 Å². The fourth-order valence-corrected chi connectivity index (χ4v) is 1.29. The van der Waals surface area contributed by atoms with E-state index in [4.69, 9.17) is 4.74 Å². The maximum atomic E-state index is 11.3. The van der Waals surface area contributed by atoms with Gasteiger partial charge in [-0.2, -0.15) is 0 Å². The van der Waals surface area contributed by atoms with E-state index in [9.17, 15) is 4.79 Å². The minimum absolute atomic E-state index is 0.0882. The molecule has 0 spiro atoms. The van der Waals surface area contributed by atoms with Crippen molar-refractivity contribution in [3.63, 3.8) is 0 Å². The summed E-state index contributed by atoms with van der Waals surface area (Å²) in [5, 5.41) is 0. The molecule has 0 heterocycles. The summed E-state index contributed by atoms with van der Waals surface area (Å²) >= 11 is 0. The Morgan fingerprint density at radius 3 is 3.07 bits per heavy atom. The molecule has 1 atom stereocenters. The van der Waals surface area contributed by atoms with Gasteiger partial charge in [-0.3, -0.25) is 0 Å². The Labute approximate surface area is 90.1 Å². The van der Waals surface area contributed by atoms with E-state index >= 15 is 0 Å². The van der Waals surface area contributed by atoms with Crippen molar-refractivity contribution in [1.82, 2.24) is 0 Å². The summed E-state index contributed by atoms with van der Waals surface area (Å²) in [4.78, 5) is 11.3. The van der Waals surface area contributed by atoms with Gasteiger partial charge in [0.1, 0.15) is 0 Å². The Morgan fingerprint density at radius 1 is 1.73 bits per heavy atom. The first-order chi connectivity index (χ1) is 7.27. The minimum atomic E-state index is -0.366. The summed E-state index contributed by atoms with van der Waals surface area (Å²) in [5.41, 5.74) is 0.561. The number of esters is 1. The third-order valence-corrected chi connectivity index (χ3v) is 2.02. The van der Waals surface area contributed by atoms with Crippen LogP contribution in [-0.4, -0.2) is 18.7 Å². The van der Waals surface area contributed by atoms with Crippen LogP contribution in [0, 0.1) is 0 Å². The Hall–Kier alpha value is -1.35. The predicted molar refractivity (Wildman–Crippen MR) is 58.2 cm³/mol. The van der Waals surface area contributed by atoms with Crippen molar-refractivity contribution in [2.24, 2.45) is 0 Å². The first kappa shape index (κ1) is 11.7. The lowest BCUT2D eigenvalue weighted by molar-refractivity contribution is -0.133. The molecule has 1 rings (SSSR count). The van der Waals surface area contributed by atoms with Crippen molar-refractivity contribution in [3.8, 4) is 0 Å². The number of carbonyl (C=O) groups excluding carboxylic acids is 1. The highest BCUT2D eigenvalue weighted by atomic mass is 16.5. The molecular formula is C12H16O3. The highest BCUT2D eigenvalue weighted by molar-refractivity contribution is 5.92. The smallest absolute Gasteiger partial charge is 0.342 e. The van der Waals surface area contributed by atoms with E-state index in [1.165, 1.54) is 0 Å². The van der Waals surface area contributed by atoms with Crippen LogP contribution in [-0.2, 0) is 14.3 Å². The van der Waals surface area contributed by atoms with Crippen LogP contribution < -0.4 is 0 Å². The van der Waals surface area contributed by atoms with Gasteiger partial charge in [-0.25, -0.2) is 4.79 Å². The van der Waals surface area contributed by atoms with Gasteiger partial charge in [-0.15, -0.1) is 0 Å². The monoisotopic (exact) mass is 208 g/mol. The maximum absolute atomic E-state index is 11.3. The largest absolute Gasteiger partial charge is 0.432 e. The van der Waals surface area contributed by atoms with Crippen LogP contribution in [0.3, 0.4) is 0 Å². The maximum Gasteiger partial charge on any atom is 0.342 e. The third-order valence-electron chi connectivity index (χ3n) is 2.02. The van der Waals surface area contributed by atoms with Crippen LogP contribution in [0.1, 0.15) is 19.8 Å². The van der Waals surface area contributed by atoms with Crippen molar-refractivity contribution < 1.29 is 14.3 Å². The Balaban J connectivity index is 2.42. The molecule has 1 aliphatic rings. The number of rotatable bonds is 5. The SMILES string of the molecule is C=COC(=O)C1=CCC(OCCC)C=C1. The molecule has 0 aromatic heterocycles. The summed E-state index contributed by atoms with van der Waals surface area (Å²) in [6.45, 7) is 6.14. The molecule has 3 nitrogen and oxygen atoms in total. The molecule has 15 heavy (non-hydrogen) atoms. The molecule has 1 unspecified atom stereocenters. The topological polar surface area (TPSA) is 35.5 Å². The van der Waals surface area contributed by atoms with E-state index in [0.29, 0.717) is 5.57 Å². The Morgan fingerprint density at radius 2 is 2.53 bits per heavy atom. The Bertz CT molecular complexity index is 289. The summed E-state index contributed by atoms with van der Waals surface area (Å²) in [6, 6.07) is 0. The summed E-state index contributed by atoms with van der Waals surface area (Å²) in [5.74, 6) is -0.366. The molecule has 0 saturated heterocycles. The van der Waals surface area contributed by atoms with Crippen LogP contribution in [0.25, 0.3) is 0 Å². The third kappa shape index (κ3) is 3.72. The second-order valence-electron chi connectivity index (χ2n) is 3.24. The molecule has 0 fully saturated rings. The molecule has 0 aromatic rings. The molecule has 3 heteroatoms. The number of ether oxygens (including phenoxy) is 2. The zero-order valence-electron chi connectivity index (χ0n) is 8.94. The van der Waals surface area contributed by atoms with E-state index < -0.39 is 0 Å². The lowest BCUT2D eigenvalue weighted by Gasteiger charge is -2.15. The zero-order valence-corrected chi connectivity index (χ0v) is 8.94. The van der Waals surface area contributed by atoms with Gasteiger partial charge < -0.3 is 9.47 Å². The average Bonchev–Trinajstić information content (AvgIpc) is 2.27. The fourth-order valence-electron chi connectivity index (χ4n) is 1.29. The van der Waals surface area contributed by atoms with Gasteiger partial charge in [0.15, 0.2) is 0 Å². The predicted octanol–water partition coefficient (Wildman–Crippen LogP) is 2.35. The minimum Gasteiger partial charge on any atom is -0.432 e.